The highest BCUT2D eigenvalue weighted by atomic mass is 35.5. The molecule has 0 saturated heterocycles. The molecule has 3 N–H and O–H groups in total. The third-order valence-electron chi connectivity index (χ3n) is 16.9. The highest BCUT2D eigenvalue weighted by molar-refractivity contribution is 6.30. The molecule has 1 aromatic carbocycles. The highest BCUT2D eigenvalue weighted by Gasteiger charge is 2.71. The van der Waals surface area contributed by atoms with Crippen molar-refractivity contribution in [3.05, 3.63) is 65.6 Å². The van der Waals surface area contributed by atoms with E-state index in [0.29, 0.717) is 66.0 Å². The number of rotatable bonds is 11. The van der Waals surface area contributed by atoms with Gasteiger partial charge in [-0.3, -0.25) is 4.79 Å². The van der Waals surface area contributed by atoms with Gasteiger partial charge in [-0.2, -0.15) is 0 Å². The highest BCUT2D eigenvalue weighted by Crippen LogP contribution is 2.78. The zero-order chi connectivity index (χ0) is 40.9. The van der Waals surface area contributed by atoms with Crippen molar-refractivity contribution < 1.29 is 19.7 Å². The number of allylic oxidation sites excluding steroid dienone is 3. The third-order valence-corrected chi connectivity index (χ3v) is 17.1. The van der Waals surface area contributed by atoms with Crippen molar-refractivity contribution in [2.24, 2.45) is 62.1 Å². The number of hydrogen-bond acceptors (Lipinski definition) is 4. The van der Waals surface area contributed by atoms with Crippen LogP contribution in [0.1, 0.15) is 158 Å². The molecule has 6 rings (SSSR count). The molecule has 1 amide bonds. The minimum Gasteiger partial charge on any atom is -0.513 e. The lowest BCUT2D eigenvalue weighted by Crippen LogP contribution is -2.66. The number of carbonyl (C=O) groups excluding carboxylic acids is 1. The van der Waals surface area contributed by atoms with Crippen LogP contribution in [0.15, 0.2) is 55.0 Å². The van der Waals surface area contributed by atoms with Crippen molar-refractivity contribution in [3.8, 4) is 5.75 Å². The number of hydrogen-bond donors (Lipinski definition) is 3. The summed E-state index contributed by atoms with van der Waals surface area (Å²) in [6.45, 7) is 36.4. The SMILES string of the molecule is C=C(O)CC(C)(C)CC(=C)O[C@H]1CC[C@@]2(C)C(CC[C@]3(C)C2CC[C@@H]2C4[C@H](C(=C)C)CC[C@]4(CC(=O)NCc4ccc(Cl)cc4O)CC[C@]23C)C1(C)C.CC. The molecule has 1 aromatic rings. The standard InChI is InChI=1S/C47H70ClNO4.C2H6/c1-29(2)34-16-21-47(27-40(52)49-28-32-12-13-33(48)24-36(32)51)23-22-45(10)35(41(34)47)14-15-38-44(9)19-18-39(43(7,8)37(44)17-20-46(38,45)11)53-31(4)26-42(5,6)25-30(3)50;1-2/h12-13,24,34-35,37-39,41,50-51H,1,3-4,14-23,25-28H2,2,5-11H3,(H,49,52);1-2H3/t34-,35+,37?,38?,39-,41?,44-,45+,46+,47+;/m0./s1. The largest absolute Gasteiger partial charge is 0.513 e. The summed E-state index contributed by atoms with van der Waals surface area (Å²) >= 11 is 6.06. The average molecular weight is 779 g/mol. The third kappa shape index (κ3) is 7.80. The van der Waals surface area contributed by atoms with Crippen molar-refractivity contribution >= 4 is 17.5 Å². The van der Waals surface area contributed by atoms with Gasteiger partial charge < -0.3 is 20.3 Å². The topological polar surface area (TPSA) is 78.8 Å². The number of phenols is 1. The van der Waals surface area contributed by atoms with E-state index in [9.17, 15) is 15.0 Å². The second-order valence-electron chi connectivity index (χ2n) is 20.9. The smallest absolute Gasteiger partial charge is 0.220 e. The maximum absolute atomic E-state index is 13.8. The molecule has 0 radical (unpaired) electrons. The lowest BCUT2D eigenvalue weighted by atomic mass is 9.32. The van der Waals surface area contributed by atoms with Gasteiger partial charge in [-0.25, -0.2) is 0 Å². The van der Waals surface area contributed by atoms with Gasteiger partial charge in [-0.15, -0.1) is 0 Å². The Balaban J connectivity index is 0.00000285. The van der Waals surface area contributed by atoms with Gasteiger partial charge in [0, 0.05) is 41.8 Å². The minimum absolute atomic E-state index is 0.0109. The molecule has 0 bridgehead atoms. The van der Waals surface area contributed by atoms with Gasteiger partial charge in [0.05, 0.1) is 11.5 Å². The summed E-state index contributed by atoms with van der Waals surface area (Å²) in [6.07, 6.45) is 13.6. The molecule has 0 spiro atoms. The number of amides is 1. The van der Waals surface area contributed by atoms with E-state index in [1.807, 2.05) is 13.8 Å². The van der Waals surface area contributed by atoms with Gasteiger partial charge in [-0.1, -0.05) is 105 Å². The fraction of sp³-hybridized carbons (Fsp3) is 0.735. The Morgan fingerprint density at radius 1 is 0.909 bits per heavy atom. The van der Waals surface area contributed by atoms with E-state index in [1.54, 1.807) is 12.1 Å². The Hall–Kier alpha value is -2.40. The van der Waals surface area contributed by atoms with Crippen LogP contribution in [0.25, 0.3) is 0 Å². The number of aliphatic hydroxyl groups excluding tert-OH is 1. The van der Waals surface area contributed by atoms with Crippen LogP contribution in [0, 0.1) is 62.1 Å². The first-order valence-corrected chi connectivity index (χ1v) is 22.1. The number of aliphatic hydroxyl groups is 1. The lowest BCUT2D eigenvalue weighted by molar-refractivity contribution is -0.249. The number of halogens is 1. The van der Waals surface area contributed by atoms with Gasteiger partial charge in [-0.05, 0) is 140 Å². The molecule has 55 heavy (non-hydrogen) atoms. The molecule has 0 aliphatic heterocycles. The zero-order valence-corrected chi connectivity index (χ0v) is 37.1. The predicted octanol–water partition coefficient (Wildman–Crippen LogP) is 13.5. The van der Waals surface area contributed by atoms with Gasteiger partial charge in [0.2, 0.25) is 5.91 Å². The molecule has 3 unspecified atom stereocenters. The number of ether oxygens (including phenoxy) is 1. The minimum atomic E-state index is -0.151. The number of aromatic hydroxyl groups is 1. The molecule has 5 aliphatic rings. The van der Waals surface area contributed by atoms with E-state index in [0.717, 1.165) is 31.4 Å². The quantitative estimate of drug-likeness (QED) is 0.154. The van der Waals surface area contributed by atoms with Crippen LogP contribution >= 0.6 is 11.6 Å². The summed E-state index contributed by atoms with van der Waals surface area (Å²) in [4.78, 5) is 13.8. The number of fused-ring (bicyclic) bond motifs is 7. The summed E-state index contributed by atoms with van der Waals surface area (Å²) in [6, 6.07) is 5.09. The Morgan fingerprint density at radius 2 is 1.60 bits per heavy atom. The van der Waals surface area contributed by atoms with Crippen LogP contribution in [-0.4, -0.2) is 22.2 Å². The van der Waals surface area contributed by atoms with Crippen LogP contribution < -0.4 is 5.32 Å². The first kappa shape index (κ1) is 43.7. The Morgan fingerprint density at radius 3 is 2.24 bits per heavy atom. The van der Waals surface area contributed by atoms with Gasteiger partial charge in [0.15, 0.2) is 0 Å². The van der Waals surface area contributed by atoms with Gasteiger partial charge in [0.25, 0.3) is 0 Å². The zero-order valence-electron chi connectivity index (χ0n) is 36.3. The Bertz CT molecular complexity index is 1630. The molecule has 0 aromatic heterocycles. The van der Waals surface area contributed by atoms with Crippen molar-refractivity contribution in [3.63, 3.8) is 0 Å². The lowest BCUT2D eigenvalue weighted by Gasteiger charge is -2.73. The van der Waals surface area contributed by atoms with Crippen LogP contribution in [0.4, 0.5) is 0 Å². The van der Waals surface area contributed by atoms with E-state index in [2.05, 4.69) is 80.4 Å². The molecular weight excluding hydrogens is 702 g/mol. The maximum Gasteiger partial charge on any atom is 0.220 e. The van der Waals surface area contributed by atoms with Crippen molar-refractivity contribution in [1.29, 1.82) is 0 Å². The Labute approximate surface area is 340 Å². The monoisotopic (exact) mass is 778 g/mol. The summed E-state index contributed by atoms with van der Waals surface area (Å²) in [7, 11) is 0. The van der Waals surface area contributed by atoms with E-state index in [4.69, 9.17) is 16.3 Å². The predicted molar refractivity (Wildman–Crippen MR) is 229 cm³/mol. The molecule has 5 aliphatic carbocycles. The van der Waals surface area contributed by atoms with Crippen molar-refractivity contribution in [2.75, 3.05) is 0 Å². The molecule has 5 nitrogen and oxygen atoms in total. The summed E-state index contributed by atoms with van der Waals surface area (Å²) in [5, 5.41) is 23.9. The normalized spacial score (nSPS) is 37.4. The van der Waals surface area contributed by atoms with E-state index in [-0.39, 0.29) is 56.0 Å². The molecule has 5 fully saturated rings. The summed E-state index contributed by atoms with van der Waals surface area (Å²) in [5.74, 6) is 3.99. The Kier molecular flexibility index (Phi) is 12.5. The number of benzene rings is 1. The molecular formula is C49H76ClNO4. The van der Waals surface area contributed by atoms with Crippen LogP contribution in [-0.2, 0) is 16.1 Å². The molecule has 308 valence electrons. The van der Waals surface area contributed by atoms with Crippen LogP contribution in [0.3, 0.4) is 0 Å². The van der Waals surface area contributed by atoms with Crippen LogP contribution in [0.5, 0.6) is 5.75 Å². The maximum atomic E-state index is 13.8. The van der Waals surface area contributed by atoms with E-state index in [1.165, 1.54) is 50.2 Å². The first-order chi connectivity index (χ1) is 25.6. The van der Waals surface area contributed by atoms with Gasteiger partial charge >= 0.3 is 0 Å². The van der Waals surface area contributed by atoms with E-state index >= 15 is 0 Å². The van der Waals surface area contributed by atoms with Crippen molar-refractivity contribution in [1.82, 2.24) is 5.32 Å². The summed E-state index contributed by atoms with van der Waals surface area (Å²) < 4.78 is 6.80. The van der Waals surface area contributed by atoms with Crippen LogP contribution in [0.2, 0.25) is 5.02 Å². The molecule has 0 heterocycles. The molecule has 10 atom stereocenters. The second kappa shape index (κ2) is 15.7. The average Bonchev–Trinajstić information content (AvgIpc) is 3.45. The fourth-order valence-electron chi connectivity index (χ4n) is 14.4. The molecule has 6 heteroatoms. The van der Waals surface area contributed by atoms with E-state index < -0.39 is 0 Å². The van der Waals surface area contributed by atoms with Gasteiger partial charge in [0.1, 0.15) is 11.9 Å². The number of phenolic OH excluding ortho intramolecular Hbond substituents is 1. The number of nitrogens with one attached hydrogen (secondary N) is 1. The van der Waals surface area contributed by atoms with Crippen molar-refractivity contribution in [2.45, 2.75) is 165 Å². The fourth-order valence-corrected chi connectivity index (χ4v) is 14.6. The first-order valence-electron chi connectivity index (χ1n) is 21.7. The summed E-state index contributed by atoms with van der Waals surface area (Å²) in [5.41, 5.74) is 2.52. The molecule has 5 saturated carbocycles. The second-order valence-corrected chi connectivity index (χ2v) is 21.3. The number of carbonyl (C=O) groups is 1.